The average molecular weight is 132 g/mol. The second-order valence-electron chi connectivity index (χ2n) is 2.97. The van der Waals surface area contributed by atoms with Crippen molar-refractivity contribution < 1.29 is 9.22 Å². The summed E-state index contributed by atoms with van der Waals surface area (Å²) in [7, 11) is 6.16. The van der Waals surface area contributed by atoms with E-state index in [2.05, 4.69) is 21.0 Å². The summed E-state index contributed by atoms with van der Waals surface area (Å²) in [6, 6.07) is 0. The molecule has 9 heavy (non-hydrogen) atoms. The SMILES string of the molecule is CC[N+](C)(C)CCOC. The molecule has 0 atom stereocenters. The molecule has 2 heteroatoms. The summed E-state index contributed by atoms with van der Waals surface area (Å²) >= 11 is 0. The van der Waals surface area contributed by atoms with Gasteiger partial charge in [-0.15, -0.1) is 0 Å². The molecule has 2 nitrogen and oxygen atoms in total. The monoisotopic (exact) mass is 132 g/mol. The Labute approximate surface area is 58.0 Å². The Morgan fingerprint density at radius 1 is 1.33 bits per heavy atom. The molecule has 0 rings (SSSR count). The molecule has 0 bridgehead atoms. The van der Waals surface area contributed by atoms with Gasteiger partial charge in [-0.1, -0.05) is 0 Å². The Morgan fingerprint density at radius 3 is 2.22 bits per heavy atom. The predicted octanol–water partition coefficient (Wildman–Crippen LogP) is 0.729. The Bertz CT molecular complexity index is 71.3. The van der Waals surface area contributed by atoms with E-state index >= 15 is 0 Å². The highest BCUT2D eigenvalue weighted by molar-refractivity contribution is 4.27. The van der Waals surface area contributed by atoms with Gasteiger partial charge in [0.2, 0.25) is 0 Å². The molecule has 0 fully saturated rings. The van der Waals surface area contributed by atoms with Crippen LogP contribution in [0, 0.1) is 0 Å². The zero-order chi connectivity index (χ0) is 7.33. The van der Waals surface area contributed by atoms with Gasteiger partial charge in [-0.05, 0) is 6.92 Å². The van der Waals surface area contributed by atoms with Gasteiger partial charge >= 0.3 is 0 Å². The van der Waals surface area contributed by atoms with Gasteiger partial charge in [0.15, 0.2) is 0 Å². The molecule has 0 aliphatic carbocycles. The second kappa shape index (κ2) is 3.85. The highest BCUT2D eigenvalue weighted by atomic mass is 16.5. The summed E-state index contributed by atoms with van der Waals surface area (Å²) in [5.74, 6) is 0. The van der Waals surface area contributed by atoms with Gasteiger partial charge in [0.05, 0.1) is 27.2 Å². The summed E-state index contributed by atoms with van der Waals surface area (Å²) in [5.41, 5.74) is 0. The van der Waals surface area contributed by atoms with Crippen LogP contribution in [0.25, 0.3) is 0 Å². The van der Waals surface area contributed by atoms with Crippen LogP contribution in [0.4, 0.5) is 0 Å². The topological polar surface area (TPSA) is 9.23 Å². The summed E-state index contributed by atoms with van der Waals surface area (Å²) in [5, 5.41) is 0. The van der Waals surface area contributed by atoms with Gasteiger partial charge in [-0.2, -0.15) is 0 Å². The normalized spacial score (nSPS) is 12.0. The maximum atomic E-state index is 4.96. The molecule has 0 aromatic heterocycles. The molecule has 0 aliphatic heterocycles. The molecule has 0 saturated heterocycles. The first-order valence-corrected chi connectivity index (χ1v) is 3.43. The van der Waals surface area contributed by atoms with Crippen molar-refractivity contribution in [1.29, 1.82) is 0 Å². The first-order chi connectivity index (χ1) is 4.12. The number of hydrogen-bond acceptors (Lipinski definition) is 1. The molecular formula is C7H18NO+. The Hall–Kier alpha value is -0.0800. The molecule has 56 valence electrons. The Morgan fingerprint density at radius 2 is 1.89 bits per heavy atom. The van der Waals surface area contributed by atoms with Crippen molar-refractivity contribution in [1.82, 2.24) is 0 Å². The molecule has 0 unspecified atom stereocenters. The van der Waals surface area contributed by atoms with Crippen LogP contribution in [0.15, 0.2) is 0 Å². The van der Waals surface area contributed by atoms with E-state index in [1.807, 2.05) is 0 Å². The highest BCUT2D eigenvalue weighted by Crippen LogP contribution is 1.93. The van der Waals surface area contributed by atoms with Crippen LogP contribution in [0.2, 0.25) is 0 Å². The molecule has 0 saturated carbocycles. The van der Waals surface area contributed by atoms with Crippen LogP contribution in [0.3, 0.4) is 0 Å². The molecule has 0 N–H and O–H groups in total. The van der Waals surface area contributed by atoms with Crippen LogP contribution in [0.1, 0.15) is 6.92 Å². The molecule has 0 heterocycles. The van der Waals surface area contributed by atoms with E-state index in [4.69, 9.17) is 4.74 Å². The molecule has 0 radical (unpaired) electrons. The van der Waals surface area contributed by atoms with E-state index in [9.17, 15) is 0 Å². The van der Waals surface area contributed by atoms with E-state index in [0.29, 0.717) is 0 Å². The average Bonchev–Trinajstić information content (AvgIpc) is 1.84. The number of methoxy groups -OCH3 is 1. The first kappa shape index (κ1) is 8.92. The lowest BCUT2D eigenvalue weighted by Gasteiger charge is -2.27. The zero-order valence-corrected chi connectivity index (χ0v) is 6.98. The summed E-state index contributed by atoms with van der Waals surface area (Å²) in [4.78, 5) is 0. The largest absolute Gasteiger partial charge is 0.379 e. The van der Waals surface area contributed by atoms with Crippen molar-refractivity contribution >= 4 is 0 Å². The van der Waals surface area contributed by atoms with Gasteiger partial charge < -0.3 is 9.22 Å². The van der Waals surface area contributed by atoms with Crippen molar-refractivity contribution in [2.45, 2.75) is 6.92 Å². The molecule has 0 amide bonds. The number of ether oxygens (including phenoxy) is 1. The fraction of sp³-hybridized carbons (Fsp3) is 1.00. The third-order valence-electron chi connectivity index (χ3n) is 1.76. The van der Waals surface area contributed by atoms with E-state index in [-0.39, 0.29) is 0 Å². The lowest BCUT2D eigenvalue weighted by molar-refractivity contribution is -0.888. The standard InChI is InChI=1S/C7H18NO/c1-5-8(2,3)6-7-9-4/h5-7H2,1-4H3/q+1. The molecule has 0 spiro atoms. The van der Waals surface area contributed by atoms with E-state index < -0.39 is 0 Å². The molecule has 0 aromatic rings. The maximum Gasteiger partial charge on any atom is 0.102 e. The van der Waals surface area contributed by atoms with Crippen molar-refractivity contribution in [3.8, 4) is 0 Å². The quantitative estimate of drug-likeness (QED) is 0.512. The number of nitrogens with zero attached hydrogens (tertiary/aromatic N) is 1. The number of rotatable bonds is 4. The summed E-state index contributed by atoms with van der Waals surface area (Å²) < 4.78 is 6.01. The van der Waals surface area contributed by atoms with Crippen LogP contribution in [-0.4, -0.2) is 45.4 Å². The van der Waals surface area contributed by atoms with E-state index in [0.717, 1.165) is 17.6 Å². The van der Waals surface area contributed by atoms with Gasteiger partial charge in [0.25, 0.3) is 0 Å². The van der Waals surface area contributed by atoms with Crippen molar-refractivity contribution in [2.24, 2.45) is 0 Å². The predicted molar refractivity (Wildman–Crippen MR) is 39.4 cm³/mol. The minimum atomic E-state index is 0.862. The van der Waals surface area contributed by atoms with E-state index in [1.165, 1.54) is 6.54 Å². The lowest BCUT2D eigenvalue weighted by atomic mass is 10.4. The second-order valence-corrected chi connectivity index (χ2v) is 2.97. The zero-order valence-electron chi connectivity index (χ0n) is 6.98. The third kappa shape index (κ3) is 4.43. The van der Waals surface area contributed by atoms with Crippen LogP contribution >= 0.6 is 0 Å². The van der Waals surface area contributed by atoms with Crippen molar-refractivity contribution in [2.75, 3.05) is 40.9 Å². The highest BCUT2D eigenvalue weighted by Gasteiger charge is 2.09. The summed E-state index contributed by atoms with van der Waals surface area (Å²) in [6.07, 6.45) is 0. The lowest BCUT2D eigenvalue weighted by Crippen LogP contribution is -2.41. The van der Waals surface area contributed by atoms with Crippen molar-refractivity contribution in [3.05, 3.63) is 0 Å². The number of quaternary nitrogens is 1. The molecule has 0 aliphatic rings. The first-order valence-electron chi connectivity index (χ1n) is 3.43. The summed E-state index contributed by atoms with van der Waals surface area (Å²) in [6.45, 7) is 5.33. The smallest absolute Gasteiger partial charge is 0.102 e. The van der Waals surface area contributed by atoms with Gasteiger partial charge in [-0.25, -0.2) is 0 Å². The maximum absolute atomic E-state index is 4.96. The third-order valence-corrected chi connectivity index (χ3v) is 1.76. The van der Waals surface area contributed by atoms with E-state index in [1.54, 1.807) is 7.11 Å². The van der Waals surface area contributed by atoms with Crippen LogP contribution < -0.4 is 0 Å². The van der Waals surface area contributed by atoms with Gasteiger partial charge in [0.1, 0.15) is 6.54 Å². The molecular weight excluding hydrogens is 114 g/mol. The number of hydrogen-bond donors (Lipinski definition) is 0. The molecule has 0 aromatic carbocycles. The van der Waals surface area contributed by atoms with Crippen molar-refractivity contribution in [3.63, 3.8) is 0 Å². The Balaban J connectivity index is 3.33. The van der Waals surface area contributed by atoms with Gasteiger partial charge in [-0.3, -0.25) is 0 Å². The van der Waals surface area contributed by atoms with Crippen LogP contribution in [0.5, 0.6) is 0 Å². The fourth-order valence-corrected chi connectivity index (χ4v) is 0.497. The minimum absolute atomic E-state index is 0.862. The van der Waals surface area contributed by atoms with Gasteiger partial charge in [0, 0.05) is 7.11 Å². The minimum Gasteiger partial charge on any atom is -0.379 e. The number of likely N-dealkylation sites (N-methyl/N-ethyl adjacent to an activating group) is 1. The van der Waals surface area contributed by atoms with Crippen LogP contribution in [-0.2, 0) is 4.74 Å². The Kier molecular flexibility index (Phi) is 3.82. The fourth-order valence-electron chi connectivity index (χ4n) is 0.497.